The van der Waals surface area contributed by atoms with Gasteiger partial charge in [-0.05, 0) is 61.5 Å². The van der Waals surface area contributed by atoms with Gasteiger partial charge in [0.1, 0.15) is 18.6 Å². The summed E-state index contributed by atoms with van der Waals surface area (Å²) in [6, 6.07) is 9.60. The molecule has 2 saturated carbocycles. The molecule has 3 atom stereocenters. The number of aryl methyl sites for hydroxylation is 1. The van der Waals surface area contributed by atoms with Gasteiger partial charge in [0, 0.05) is 29.1 Å². The first-order valence-corrected chi connectivity index (χ1v) is 13.1. The topological polar surface area (TPSA) is 72.5 Å². The summed E-state index contributed by atoms with van der Waals surface area (Å²) < 4.78 is 18.9. The first-order chi connectivity index (χ1) is 16.5. The summed E-state index contributed by atoms with van der Waals surface area (Å²) in [5.41, 5.74) is 2.53. The van der Waals surface area contributed by atoms with Crippen LogP contribution in [0.15, 0.2) is 30.3 Å². The third-order valence-corrected chi connectivity index (χ3v) is 8.36. The summed E-state index contributed by atoms with van der Waals surface area (Å²) in [6.45, 7) is 0.912. The van der Waals surface area contributed by atoms with E-state index in [1.807, 2.05) is 30.3 Å². The van der Waals surface area contributed by atoms with Gasteiger partial charge in [0.15, 0.2) is 0 Å². The summed E-state index contributed by atoms with van der Waals surface area (Å²) in [5, 5.41) is 3.05. The molecule has 0 aliphatic heterocycles. The number of alkyl halides is 1. The highest BCUT2D eigenvalue weighted by atomic mass is 32.1. The average Bonchev–Trinajstić information content (AvgIpc) is 3.75. The number of halogens is 1. The molecule has 1 heterocycles. The number of carbonyl (C=O) groups excluding carboxylic acids is 3. The molecule has 1 aromatic heterocycles. The summed E-state index contributed by atoms with van der Waals surface area (Å²) in [6.07, 6.45) is 4.25. The van der Waals surface area contributed by atoms with Crippen LogP contribution in [-0.2, 0) is 40.2 Å². The van der Waals surface area contributed by atoms with E-state index in [4.69, 9.17) is 4.74 Å². The van der Waals surface area contributed by atoms with Crippen LogP contribution >= 0.6 is 11.3 Å². The van der Waals surface area contributed by atoms with E-state index in [2.05, 4.69) is 5.32 Å². The van der Waals surface area contributed by atoms with E-state index in [1.165, 1.54) is 11.3 Å². The zero-order chi connectivity index (χ0) is 23.7. The smallest absolute Gasteiger partial charge is 0.306 e. The number of carbonyl (C=O) groups is 3. The minimum absolute atomic E-state index is 0.0996. The zero-order valence-electron chi connectivity index (χ0n) is 19.2. The Kier molecular flexibility index (Phi) is 6.82. The largest absolute Gasteiger partial charge is 0.461 e. The number of fused-ring (bicyclic) bond motifs is 1. The lowest BCUT2D eigenvalue weighted by molar-refractivity contribution is -0.146. The molecule has 7 heteroatoms. The molecule has 1 amide bonds. The van der Waals surface area contributed by atoms with Crippen molar-refractivity contribution in [3.63, 3.8) is 0 Å². The SMILES string of the molecule is O=C(C[C@H]1CCc2sc(CC(=O)[C@H]3C[C@H]3F)c(C(=O)NCC3CC3)c2C1)OCc1ccccc1. The van der Waals surface area contributed by atoms with Crippen LogP contribution in [-0.4, -0.2) is 30.4 Å². The molecular weight excluding hydrogens is 453 g/mol. The van der Waals surface area contributed by atoms with E-state index in [0.29, 0.717) is 37.3 Å². The number of Topliss-reactive ketones (excluding diaryl/α,β-unsaturated/α-hetero) is 1. The molecule has 0 spiro atoms. The fraction of sp³-hybridized carbons (Fsp3) is 0.519. The van der Waals surface area contributed by atoms with Gasteiger partial charge in [-0.1, -0.05) is 30.3 Å². The number of nitrogens with one attached hydrogen (secondary N) is 1. The molecule has 5 nitrogen and oxygen atoms in total. The van der Waals surface area contributed by atoms with Crippen molar-refractivity contribution in [3.05, 3.63) is 56.8 Å². The van der Waals surface area contributed by atoms with Crippen LogP contribution in [0.2, 0.25) is 0 Å². The number of amides is 1. The summed E-state index contributed by atoms with van der Waals surface area (Å²) in [5.74, 6) is -0.327. The van der Waals surface area contributed by atoms with Crippen molar-refractivity contribution in [1.29, 1.82) is 0 Å². The third kappa shape index (κ3) is 5.57. The van der Waals surface area contributed by atoms with Gasteiger partial charge in [-0.25, -0.2) is 4.39 Å². The van der Waals surface area contributed by atoms with Crippen molar-refractivity contribution in [3.8, 4) is 0 Å². The van der Waals surface area contributed by atoms with Crippen LogP contribution in [0.5, 0.6) is 0 Å². The normalized spacial score (nSPS) is 23.1. The van der Waals surface area contributed by atoms with Gasteiger partial charge in [-0.15, -0.1) is 11.3 Å². The van der Waals surface area contributed by atoms with Crippen molar-refractivity contribution in [1.82, 2.24) is 5.32 Å². The Morgan fingerprint density at radius 2 is 1.85 bits per heavy atom. The second-order valence-corrected chi connectivity index (χ2v) is 11.1. The quantitative estimate of drug-likeness (QED) is 0.502. The number of ketones is 1. The third-order valence-electron chi connectivity index (χ3n) is 7.07. The monoisotopic (exact) mass is 483 g/mol. The molecule has 2 aromatic rings. The maximum atomic E-state index is 13.4. The Morgan fingerprint density at radius 3 is 2.56 bits per heavy atom. The molecule has 0 bridgehead atoms. The zero-order valence-corrected chi connectivity index (χ0v) is 20.0. The van der Waals surface area contributed by atoms with Gasteiger partial charge in [-0.2, -0.15) is 0 Å². The molecule has 0 saturated heterocycles. The van der Waals surface area contributed by atoms with E-state index in [-0.39, 0.29) is 36.6 Å². The van der Waals surface area contributed by atoms with Crippen molar-refractivity contribution in [2.45, 2.75) is 64.1 Å². The minimum Gasteiger partial charge on any atom is -0.461 e. The van der Waals surface area contributed by atoms with E-state index in [0.717, 1.165) is 46.6 Å². The van der Waals surface area contributed by atoms with Crippen molar-refractivity contribution >= 4 is 29.0 Å². The van der Waals surface area contributed by atoms with Gasteiger partial charge in [0.05, 0.1) is 11.5 Å². The van der Waals surface area contributed by atoms with Crippen LogP contribution < -0.4 is 5.32 Å². The van der Waals surface area contributed by atoms with Crippen molar-refractivity contribution < 1.29 is 23.5 Å². The van der Waals surface area contributed by atoms with E-state index in [1.54, 1.807) is 0 Å². The second kappa shape index (κ2) is 9.98. The Bertz CT molecular complexity index is 1080. The lowest BCUT2D eigenvalue weighted by atomic mass is 9.84. The van der Waals surface area contributed by atoms with Crippen molar-refractivity contribution in [2.24, 2.45) is 17.8 Å². The predicted molar refractivity (Wildman–Crippen MR) is 127 cm³/mol. The second-order valence-electron chi connectivity index (χ2n) is 9.92. The number of benzene rings is 1. The molecule has 1 N–H and O–H groups in total. The number of thiophene rings is 1. The fourth-order valence-corrected chi connectivity index (χ4v) is 6.10. The Balaban J connectivity index is 1.27. The molecular formula is C27H30FNO4S. The highest BCUT2D eigenvalue weighted by Gasteiger charge is 2.43. The standard InChI is InChI=1S/C27H30FNO4S/c28-21-12-19(21)22(30)13-24-26(27(32)29-14-16-6-7-16)20-10-18(8-9-23(20)34-24)11-25(31)33-15-17-4-2-1-3-5-17/h1-5,16,18-19,21H,6-15H2,(H,29,32)/t18-,19-,21+/m0/s1. The van der Waals surface area contributed by atoms with E-state index < -0.39 is 12.1 Å². The molecule has 180 valence electrons. The minimum atomic E-state index is -1.03. The Labute approximate surface area is 203 Å². The number of rotatable bonds is 10. The molecule has 1 aromatic carbocycles. The highest BCUT2D eigenvalue weighted by Crippen LogP contribution is 2.41. The first kappa shape index (κ1) is 23.2. The highest BCUT2D eigenvalue weighted by molar-refractivity contribution is 7.12. The molecule has 0 unspecified atom stereocenters. The van der Waals surface area contributed by atoms with Crippen LogP contribution in [0, 0.1) is 17.8 Å². The summed E-state index contributed by atoms with van der Waals surface area (Å²) in [7, 11) is 0. The lowest BCUT2D eigenvalue weighted by Crippen LogP contribution is -2.28. The average molecular weight is 484 g/mol. The Hall–Kier alpha value is -2.54. The van der Waals surface area contributed by atoms with Crippen LogP contribution in [0.3, 0.4) is 0 Å². The number of ether oxygens (including phenoxy) is 1. The van der Waals surface area contributed by atoms with Crippen LogP contribution in [0.1, 0.15) is 63.3 Å². The van der Waals surface area contributed by atoms with Gasteiger partial charge in [-0.3, -0.25) is 14.4 Å². The fourth-order valence-electron chi connectivity index (χ4n) is 4.74. The number of hydrogen-bond donors (Lipinski definition) is 1. The molecule has 3 aliphatic rings. The summed E-state index contributed by atoms with van der Waals surface area (Å²) in [4.78, 5) is 40.1. The molecule has 0 radical (unpaired) electrons. The maximum Gasteiger partial charge on any atom is 0.306 e. The number of esters is 1. The van der Waals surface area contributed by atoms with Gasteiger partial charge in [0.2, 0.25) is 0 Å². The van der Waals surface area contributed by atoms with Crippen LogP contribution in [0.4, 0.5) is 4.39 Å². The molecule has 34 heavy (non-hydrogen) atoms. The molecule has 5 rings (SSSR count). The van der Waals surface area contributed by atoms with Gasteiger partial charge < -0.3 is 10.1 Å². The predicted octanol–water partition coefficient (Wildman–Crippen LogP) is 4.60. The van der Waals surface area contributed by atoms with E-state index in [9.17, 15) is 18.8 Å². The molecule has 2 fully saturated rings. The van der Waals surface area contributed by atoms with Crippen LogP contribution in [0.25, 0.3) is 0 Å². The van der Waals surface area contributed by atoms with Gasteiger partial charge in [0.25, 0.3) is 5.91 Å². The van der Waals surface area contributed by atoms with E-state index >= 15 is 0 Å². The maximum absolute atomic E-state index is 13.4. The summed E-state index contributed by atoms with van der Waals surface area (Å²) >= 11 is 1.52. The first-order valence-electron chi connectivity index (χ1n) is 12.3. The lowest BCUT2D eigenvalue weighted by Gasteiger charge is -2.22. The van der Waals surface area contributed by atoms with Gasteiger partial charge >= 0.3 is 5.97 Å². The number of hydrogen-bond acceptors (Lipinski definition) is 5. The Morgan fingerprint density at radius 1 is 1.09 bits per heavy atom. The van der Waals surface area contributed by atoms with Crippen molar-refractivity contribution in [2.75, 3.05) is 6.54 Å². The molecule has 3 aliphatic carbocycles.